The van der Waals surface area contributed by atoms with Gasteiger partial charge in [0.15, 0.2) is 17.8 Å². The first kappa shape index (κ1) is 25.0. The summed E-state index contributed by atoms with van der Waals surface area (Å²) >= 11 is 0. The Morgan fingerprint density at radius 2 is 1.97 bits per heavy atom. The highest BCUT2D eigenvalue weighted by atomic mass is 32.2. The van der Waals surface area contributed by atoms with E-state index >= 15 is 0 Å². The molecule has 2 heterocycles. The standard InChI is InChI=1S/C24H29N3O7S/c1-32-20-9-6-17(11-21(20)34-24-3-2-10-33-24)18-12-23(29)27(14-18)15-22(28)26-13-16-4-7-19(8-5-16)35(25,30)31/h4-9,11,18,24H,2-3,10,12-15H2,1H3,(H,26,28)(H2,25,30,31). The van der Waals surface area contributed by atoms with Crippen molar-refractivity contribution in [3.05, 3.63) is 53.6 Å². The van der Waals surface area contributed by atoms with Crippen molar-refractivity contribution < 1.29 is 32.2 Å². The Kier molecular flexibility index (Phi) is 7.58. The molecule has 2 amide bonds. The predicted octanol–water partition coefficient (Wildman–Crippen LogP) is 1.49. The van der Waals surface area contributed by atoms with Crippen LogP contribution in [0, 0.1) is 0 Å². The zero-order valence-electron chi connectivity index (χ0n) is 19.4. The molecule has 0 radical (unpaired) electrons. The fraction of sp³-hybridized carbons (Fsp3) is 0.417. The third-order valence-corrected chi connectivity index (χ3v) is 7.03. The van der Waals surface area contributed by atoms with Gasteiger partial charge < -0.3 is 24.4 Å². The number of hydrogen-bond acceptors (Lipinski definition) is 7. The van der Waals surface area contributed by atoms with Crippen LogP contribution in [0.3, 0.4) is 0 Å². The van der Waals surface area contributed by atoms with Crippen molar-refractivity contribution in [3.8, 4) is 11.5 Å². The number of ether oxygens (including phenoxy) is 3. The van der Waals surface area contributed by atoms with E-state index in [9.17, 15) is 18.0 Å². The Bertz CT molecular complexity index is 1180. The number of rotatable bonds is 9. The smallest absolute Gasteiger partial charge is 0.239 e. The van der Waals surface area contributed by atoms with Crippen LogP contribution in [-0.4, -0.2) is 58.2 Å². The average Bonchev–Trinajstić information content (AvgIpc) is 3.47. The molecular formula is C24H29N3O7S. The topological polar surface area (TPSA) is 137 Å². The highest BCUT2D eigenvalue weighted by molar-refractivity contribution is 7.89. The number of nitrogens with two attached hydrogens (primary N) is 1. The first-order chi connectivity index (χ1) is 16.7. The molecule has 35 heavy (non-hydrogen) atoms. The summed E-state index contributed by atoms with van der Waals surface area (Å²) in [7, 11) is -2.19. The summed E-state index contributed by atoms with van der Waals surface area (Å²) in [6.45, 7) is 1.24. The molecule has 0 aromatic heterocycles. The Hall–Kier alpha value is -3.15. The molecule has 2 atom stereocenters. The summed E-state index contributed by atoms with van der Waals surface area (Å²) in [5, 5.41) is 7.85. The highest BCUT2D eigenvalue weighted by Gasteiger charge is 2.32. The zero-order valence-corrected chi connectivity index (χ0v) is 20.3. The van der Waals surface area contributed by atoms with E-state index in [1.807, 2.05) is 18.2 Å². The normalized spacial score (nSPS) is 20.2. The lowest BCUT2D eigenvalue weighted by atomic mass is 9.98. The van der Waals surface area contributed by atoms with Crippen LogP contribution < -0.4 is 19.9 Å². The molecule has 2 aliphatic rings. The van der Waals surface area contributed by atoms with Gasteiger partial charge in [-0.15, -0.1) is 0 Å². The predicted molar refractivity (Wildman–Crippen MR) is 126 cm³/mol. The van der Waals surface area contributed by atoms with Gasteiger partial charge in [-0.05, 0) is 41.8 Å². The minimum atomic E-state index is -3.77. The molecule has 0 bridgehead atoms. The molecule has 11 heteroatoms. The molecule has 10 nitrogen and oxygen atoms in total. The number of nitrogens with zero attached hydrogens (tertiary/aromatic N) is 1. The number of amides is 2. The van der Waals surface area contributed by atoms with E-state index in [4.69, 9.17) is 19.3 Å². The molecular weight excluding hydrogens is 474 g/mol. The van der Waals surface area contributed by atoms with Crippen molar-refractivity contribution in [1.82, 2.24) is 10.2 Å². The molecule has 0 aliphatic carbocycles. The largest absolute Gasteiger partial charge is 0.493 e. The number of carbonyl (C=O) groups excluding carboxylic acids is 2. The van der Waals surface area contributed by atoms with Gasteiger partial charge in [-0.2, -0.15) is 0 Å². The molecule has 2 saturated heterocycles. The van der Waals surface area contributed by atoms with E-state index in [0.717, 1.165) is 18.4 Å². The molecule has 2 aliphatic heterocycles. The van der Waals surface area contributed by atoms with Crippen LogP contribution in [0.5, 0.6) is 11.5 Å². The van der Waals surface area contributed by atoms with Crippen LogP contribution in [-0.2, 0) is 30.9 Å². The minimum Gasteiger partial charge on any atom is -0.493 e. The lowest BCUT2D eigenvalue weighted by Gasteiger charge is -2.19. The van der Waals surface area contributed by atoms with E-state index in [0.29, 0.717) is 36.6 Å². The number of nitrogens with one attached hydrogen (secondary N) is 1. The SMILES string of the molecule is COc1ccc(C2CC(=O)N(CC(=O)NCc3ccc(S(N)(=O)=O)cc3)C2)cc1OC1CCCO1. The first-order valence-electron chi connectivity index (χ1n) is 11.4. The number of primary sulfonamides is 1. The summed E-state index contributed by atoms with van der Waals surface area (Å²) in [6, 6.07) is 11.5. The fourth-order valence-electron chi connectivity index (χ4n) is 4.20. The second kappa shape index (κ2) is 10.6. The number of sulfonamides is 1. The highest BCUT2D eigenvalue weighted by Crippen LogP contribution is 2.36. The van der Waals surface area contributed by atoms with Crippen molar-refractivity contribution in [2.45, 2.75) is 42.9 Å². The summed E-state index contributed by atoms with van der Waals surface area (Å²) in [4.78, 5) is 26.6. The molecule has 2 aromatic carbocycles. The van der Waals surface area contributed by atoms with Crippen LogP contribution in [0.2, 0.25) is 0 Å². The minimum absolute atomic E-state index is 0.00383. The van der Waals surface area contributed by atoms with E-state index in [-0.39, 0.29) is 42.0 Å². The van der Waals surface area contributed by atoms with Crippen molar-refractivity contribution in [2.24, 2.45) is 5.14 Å². The number of likely N-dealkylation sites (tertiary alicyclic amines) is 1. The number of carbonyl (C=O) groups is 2. The molecule has 2 unspecified atom stereocenters. The van der Waals surface area contributed by atoms with E-state index in [1.54, 1.807) is 19.2 Å². The molecule has 0 saturated carbocycles. The van der Waals surface area contributed by atoms with Gasteiger partial charge in [0.2, 0.25) is 21.8 Å². The van der Waals surface area contributed by atoms with Crippen LogP contribution in [0.1, 0.15) is 36.3 Å². The third kappa shape index (κ3) is 6.30. The summed E-state index contributed by atoms with van der Waals surface area (Å²) in [5.74, 6) is 0.710. The van der Waals surface area contributed by atoms with Crippen molar-refractivity contribution in [1.29, 1.82) is 0 Å². The molecule has 4 rings (SSSR count). The number of benzene rings is 2. The van der Waals surface area contributed by atoms with Crippen molar-refractivity contribution in [3.63, 3.8) is 0 Å². The van der Waals surface area contributed by atoms with Gasteiger partial charge in [0.25, 0.3) is 0 Å². The quantitative estimate of drug-likeness (QED) is 0.529. The molecule has 188 valence electrons. The van der Waals surface area contributed by atoms with Crippen molar-refractivity contribution in [2.75, 3.05) is 26.8 Å². The Morgan fingerprint density at radius 3 is 2.63 bits per heavy atom. The van der Waals surface area contributed by atoms with Crippen molar-refractivity contribution >= 4 is 21.8 Å². The van der Waals surface area contributed by atoms with E-state index < -0.39 is 10.0 Å². The van der Waals surface area contributed by atoms with Gasteiger partial charge in [-0.1, -0.05) is 18.2 Å². The maximum absolute atomic E-state index is 12.6. The lowest BCUT2D eigenvalue weighted by Crippen LogP contribution is -2.37. The second-order valence-corrected chi connectivity index (χ2v) is 10.2. The van der Waals surface area contributed by atoms with Crippen LogP contribution >= 0.6 is 0 Å². The summed E-state index contributed by atoms with van der Waals surface area (Å²) in [5.41, 5.74) is 1.65. The maximum Gasteiger partial charge on any atom is 0.239 e. The van der Waals surface area contributed by atoms with Gasteiger partial charge in [0.1, 0.15) is 0 Å². The molecule has 2 fully saturated rings. The van der Waals surface area contributed by atoms with Gasteiger partial charge in [0, 0.05) is 31.8 Å². The van der Waals surface area contributed by atoms with E-state index in [2.05, 4.69) is 5.32 Å². The summed E-state index contributed by atoms with van der Waals surface area (Å²) in [6.07, 6.45) is 1.75. The fourth-order valence-corrected chi connectivity index (χ4v) is 4.71. The van der Waals surface area contributed by atoms with Crippen LogP contribution in [0.4, 0.5) is 0 Å². The molecule has 3 N–H and O–H groups in total. The monoisotopic (exact) mass is 503 g/mol. The average molecular weight is 504 g/mol. The lowest BCUT2D eigenvalue weighted by molar-refractivity contribution is -0.133. The van der Waals surface area contributed by atoms with Gasteiger partial charge in [-0.25, -0.2) is 13.6 Å². The first-order valence-corrected chi connectivity index (χ1v) is 12.9. The molecule has 0 spiro atoms. The number of methoxy groups -OCH3 is 1. The van der Waals surface area contributed by atoms with E-state index in [1.165, 1.54) is 17.0 Å². The third-order valence-electron chi connectivity index (χ3n) is 6.10. The maximum atomic E-state index is 12.6. The Balaban J connectivity index is 1.33. The van der Waals surface area contributed by atoms with Gasteiger partial charge >= 0.3 is 0 Å². The van der Waals surface area contributed by atoms with Gasteiger partial charge in [0.05, 0.1) is 25.2 Å². The Morgan fingerprint density at radius 1 is 1.20 bits per heavy atom. The van der Waals surface area contributed by atoms with Crippen LogP contribution in [0.25, 0.3) is 0 Å². The Labute approximate surface area is 204 Å². The second-order valence-electron chi connectivity index (χ2n) is 8.61. The molecule has 2 aromatic rings. The van der Waals surface area contributed by atoms with Gasteiger partial charge in [-0.3, -0.25) is 9.59 Å². The zero-order chi connectivity index (χ0) is 25.0. The summed E-state index contributed by atoms with van der Waals surface area (Å²) < 4.78 is 39.6. The number of hydrogen-bond donors (Lipinski definition) is 2. The van der Waals surface area contributed by atoms with Crippen LogP contribution in [0.15, 0.2) is 47.4 Å².